The molecule has 4 nitrogen and oxygen atoms in total. The summed E-state index contributed by atoms with van der Waals surface area (Å²) in [5.74, 6) is 0. The van der Waals surface area contributed by atoms with Gasteiger partial charge in [-0.1, -0.05) is 20.8 Å². The Hall–Kier alpha value is -2.20. The third-order valence-electron chi connectivity index (χ3n) is 4.39. The molecule has 0 aliphatic heterocycles. The molecule has 0 fully saturated rings. The van der Waals surface area contributed by atoms with Crippen molar-refractivity contribution in [3.05, 3.63) is 59.7 Å². The lowest BCUT2D eigenvalue weighted by molar-refractivity contribution is 0.329. The van der Waals surface area contributed by atoms with Gasteiger partial charge in [-0.3, -0.25) is 4.98 Å². The van der Waals surface area contributed by atoms with Gasteiger partial charge in [0.1, 0.15) is 5.65 Å². The summed E-state index contributed by atoms with van der Waals surface area (Å²) < 4.78 is 0. The van der Waals surface area contributed by atoms with E-state index in [1.165, 1.54) is 22.2 Å². The molecule has 3 aromatic heterocycles. The first-order chi connectivity index (χ1) is 11.4. The number of hydrogen-bond acceptors (Lipinski definition) is 3. The second kappa shape index (κ2) is 6.73. The van der Waals surface area contributed by atoms with Gasteiger partial charge in [0, 0.05) is 48.2 Å². The Balaban J connectivity index is 1.81. The van der Waals surface area contributed by atoms with Crippen molar-refractivity contribution in [3.63, 3.8) is 0 Å². The fourth-order valence-corrected chi connectivity index (χ4v) is 3.10. The summed E-state index contributed by atoms with van der Waals surface area (Å²) in [6, 6.07) is 8.36. The number of fused-ring (bicyclic) bond motifs is 1. The second-order valence-corrected chi connectivity index (χ2v) is 7.47. The van der Waals surface area contributed by atoms with Crippen LogP contribution in [-0.4, -0.2) is 33.4 Å². The first-order valence-corrected chi connectivity index (χ1v) is 8.48. The van der Waals surface area contributed by atoms with Gasteiger partial charge in [-0.15, -0.1) is 0 Å². The molecule has 3 aromatic rings. The van der Waals surface area contributed by atoms with E-state index in [-0.39, 0.29) is 5.41 Å². The van der Waals surface area contributed by atoms with E-state index in [2.05, 4.69) is 65.9 Å². The van der Waals surface area contributed by atoms with Gasteiger partial charge in [0.05, 0.1) is 0 Å². The Morgan fingerprint density at radius 3 is 2.54 bits per heavy atom. The van der Waals surface area contributed by atoms with Crippen molar-refractivity contribution in [2.45, 2.75) is 39.2 Å². The molecule has 1 N–H and O–H groups in total. The highest BCUT2D eigenvalue weighted by Crippen LogP contribution is 2.31. The Morgan fingerprint density at radius 2 is 1.83 bits per heavy atom. The second-order valence-electron chi connectivity index (χ2n) is 7.47. The fraction of sp³-hybridized carbons (Fsp3) is 0.400. The quantitative estimate of drug-likeness (QED) is 0.774. The molecule has 0 atom stereocenters. The van der Waals surface area contributed by atoms with Crippen molar-refractivity contribution < 1.29 is 0 Å². The number of nitrogens with zero attached hydrogens (tertiary/aromatic N) is 3. The number of nitrogens with one attached hydrogen (secondary N) is 1. The lowest BCUT2D eigenvalue weighted by Crippen LogP contribution is -2.23. The summed E-state index contributed by atoms with van der Waals surface area (Å²) in [7, 11) is 2.18. The number of aromatic amines is 1. The summed E-state index contributed by atoms with van der Waals surface area (Å²) in [4.78, 5) is 14.5. The Labute approximate surface area is 143 Å². The number of likely N-dealkylation sites (N-methyl/N-ethyl adjacent to an activating group) is 1. The van der Waals surface area contributed by atoms with Gasteiger partial charge in [0.2, 0.25) is 0 Å². The summed E-state index contributed by atoms with van der Waals surface area (Å²) in [6.45, 7) is 8.68. The zero-order valence-corrected chi connectivity index (χ0v) is 15.0. The van der Waals surface area contributed by atoms with E-state index in [4.69, 9.17) is 0 Å². The third-order valence-corrected chi connectivity index (χ3v) is 4.39. The van der Waals surface area contributed by atoms with Crippen LogP contribution in [0.5, 0.6) is 0 Å². The minimum absolute atomic E-state index is 0.0714. The first-order valence-electron chi connectivity index (χ1n) is 8.48. The highest BCUT2D eigenvalue weighted by atomic mass is 15.1. The molecule has 0 saturated carbocycles. The molecule has 0 unspecified atom stereocenters. The number of aromatic nitrogens is 3. The standard InChI is InChI=1S/C20H26N4/c1-20(2,3)18-17(16-6-5-10-22-19(16)23-18)14-24(4)13-9-15-7-11-21-12-8-15/h5-8,10-12H,9,13-14H2,1-4H3,(H,22,23). The molecule has 0 aromatic carbocycles. The predicted octanol–water partition coefficient (Wildman–Crippen LogP) is 3.93. The van der Waals surface area contributed by atoms with E-state index < -0.39 is 0 Å². The molecule has 24 heavy (non-hydrogen) atoms. The molecule has 0 bridgehead atoms. The lowest BCUT2D eigenvalue weighted by Gasteiger charge is -2.23. The molecule has 0 spiro atoms. The van der Waals surface area contributed by atoms with E-state index in [1.807, 2.05) is 24.7 Å². The zero-order chi connectivity index (χ0) is 17.2. The molecule has 126 valence electrons. The van der Waals surface area contributed by atoms with Crippen LogP contribution in [0.3, 0.4) is 0 Å². The predicted molar refractivity (Wildman–Crippen MR) is 99.1 cm³/mol. The van der Waals surface area contributed by atoms with E-state index >= 15 is 0 Å². The fourth-order valence-electron chi connectivity index (χ4n) is 3.10. The van der Waals surface area contributed by atoms with Crippen LogP contribution in [-0.2, 0) is 18.4 Å². The van der Waals surface area contributed by atoms with Crippen LogP contribution in [0.2, 0.25) is 0 Å². The van der Waals surface area contributed by atoms with E-state index in [9.17, 15) is 0 Å². The maximum Gasteiger partial charge on any atom is 0.137 e. The Morgan fingerprint density at radius 1 is 1.08 bits per heavy atom. The maximum atomic E-state index is 4.50. The van der Waals surface area contributed by atoms with Gasteiger partial charge in [-0.25, -0.2) is 4.98 Å². The molecular weight excluding hydrogens is 296 g/mol. The number of hydrogen-bond donors (Lipinski definition) is 1. The van der Waals surface area contributed by atoms with Crippen LogP contribution in [0.25, 0.3) is 11.0 Å². The maximum absolute atomic E-state index is 4.50. The minimum Gasteiger partial charge on any atom is -0.342 e. The van der Waals surface area contributed by atoms with Crippen molar-refractivity contribution in [2.24, 2.45) is 0 Å². The van der Waals surface area contributed by atoms with E-state index in [1.54, 1.807) is 0 Å². The van der Waals surface area contributed by atoms with Crippen molar-refractivity contribution in [1.82, 2.24) is 19.9 Å². The molecule has 3 rings (SSSR count). The van der Waals surface area contributed by atoms with E-state index in [0.717, 1.165) is 25.2 Å². The molecule has 4 heteroatoms. The molecule has 0 aliphatic rings. The van der Waals surface area contributed by atoms with Crippen LogP contribution in [0.1, 0.15) is 37.6 Å². The van der Waals surface area contributed by atoms with Gasteiger partial charge in [0.15, 0.2) is 0 Å². The van der Waals surface area contributed by atoms with Crippen LogP contribution in [0, 0.1) is 0 Å². The minimum atomic E-state index is 0.0714. The average molecular weight is 322 g/mol. The van der Waals surface area contributed by atoms with Gasteiger partial charge < -0.3 is 9.88 Å². The van der Waals surface area contributed by atoms with Crippen molar-refractivity contribution in [3.8, 4) is 0 Å². The van der Waals surface area contributed by atoms with E-state index in [0.29, 0.717) is 0 Å². The first kappa shape index (κ1) is 16.7. The zero-order valence-electron chi connectivity index (χ0n) is 15.0. The number of pyridine rings is 2. The summed E-state index contributed by atoms with van der Waals surface area (Å²) in [6.07, 6.45) is 6.60. The third kappa shape index (κ3) is 3.65. The molecular formula is C20H26N4. The van der Waals surface area contributed by atoms with Crippen LogP contribution in [0.4, 0.5) is 0 Å². The normalized spacial score (nSPS) is 12.2. The van der Waals surface area contributed by atoms with Crippen molar-refractivity contribution in [1.29, 1.82) is 0 Å². The lowest BCUT2D eigenvalue weighted by atomic mass is 9.89. The van der Waals surface area contributed by atoms with Gasteiger partial charge in [-0.2, -0.15) is 0 Å². The van der Waals surface area contributed by atoms with Crippen LogP contribution >= 0.6 is 0 Å². The average Bonchev–Trinajstić information content (AvgIpc) is 2.93. The molecule has 0 saturated heterocycles. The van der Waals surface area contributed by atoms with Crippen molar-refractivity contribution >= 4 is 11.0 Å². The van der Waals surface area contributed by atoms with Gasteiger partial charge in [0.25, 0.3) is 0 Å². The van der Waals surface area contributed by atoms with Crippen LogP contribution in [0.15, 0.2) is 42.9 Å². The van der Waals surface area contributed by atoms with Crippen LogP contribution < -0.4 is 0 Å². The number of rotatable bonds is 5. The molecule has 0 amide bonds. The SMILES string of the molecule is CN(CCc1ccncc1)Cc1c(C(C)(C)C)[nH]c2ncccc12. The smallest absolute Gasteiger partial charge is 0.137 e. The highest BCUT2D eigenvalue weighted by molar-refractivity contribution is 5.81. The summed E-state index contributed by atoms with van der Waals surface area (Å²) in [5.41, 5.74) is 5.03. The monoisotopic (exact) mass is 322 g/mol. The van der Waals surface area contributed by atoms with Crippen molar-refractivity contribution in [2.75, 3.05) is 13.6 Å². The molecule has 0 aliphatic carbocycles. The topological polar surface area (TPSA) is 44.8 Å². The Bertz CT molecular complexity index is 799. The Kier molecular flexibility index (Phi) is 4.67. The highest BCUT2D eigenvalue weighted by Gasteiger charge is 2.23. The van der Waals surface area contributed by atoms with Gasteiger partial charge in [-0.05, 0) is 48.9 Å². The molecule has 3 heterocycles. The number of H-pyrrole nitrogens is 1. The summed E-state index contributed by atoms with van der Waals surface area (Å²) >= 11 is 0. The largest absolute Gasteiger partial charge is 0.342 e. The summed E-state index contributed by atoms with van der Waals surface area (Å²) in [5, 5.41) is 1.23. The molecule has 0 radical (unpaired) electrons. The van der Waals surface area contributed by atoms with Gasteiger partial charge >= 0.3 is 0 Å².